The van der Waals surface area contributed by atoms with Gasteiger partial charge in [-0.25, -0.2) is 8.42 Å². The van der Waals surface area contributed by atoms with Crippen LogP contribution < -0.4 is 10.1 Å². The van der Waals surface area contributed by atoms with Crippen LogP contribution in [0.5, 0.6) is 5.75 Å². The summed E-state index contributed by atoms with van der Waals surface area (Å²) in [7, 11) is -2.37. The molecule has 7 nitrogen and oxygen atoms in total. The fourth-order valence-corrected chi connectivity index (χ4v) is 6.20. The molecule has 0 aliphatic heterocycles. The number of aliphatic hydroxyl groups is 1. The molecule has 0 bridgehead atoms. The van der Waals surface area contributed by atoms with E-state index in [1.165, 1.54) is 17.5 Å². The molecule has 1 saturated carbocycles. The zero-order valence-electron chi connectivity index (χ0n) is 20.8. The first-order chi connectivity index (χ1) is 17.3. The van der Waals surface area contributed by atoms with Gasteiger partial charge in [-0.15, -0.1) is 0 Å². The zero-order chi connectivity index (χ0) is 25.5. The molecule has 0 heterocycles. The Bertz CT molecular complexity index is 1150. The number of methoxy groups -OCH3 is 1. The van der Waals surface area contributed by atoms with E-state index in [9.17, 15) is 18.3 Å². The Labute approximate surface area is 214 Å². The van der Waals surface area contributed by atoms with Crippen LogP contribution in [0.25, 0.3) is 0 Å². The molecule has 0 aromatic heterocycles. The summed E-state index contributed by atoms with van der Waals surface area (Å²) < 4.78 is 33.8. The van der Waals surface area contributed by atoms with Crippen LogP contribution in [-0.4, -0.2) is 56.1 Å². The normalized spacial score (nSPS) is 19.2. The lowest BCUT2D eigenvalue weighted by Crippen LogP contribution is -2.51. The summed E-state index contributed by atoms with van der Waals surface area (Å²) in [5.41, 5.74) is 0.965. The van der Waals surface area contributed by atoms with Gasteiger partial charge in [0, 0.05) is 25.6 Å². The van der Waals surface area contributed by atoms with Gasteiger partial charge in [0.25, 0.3) is 0 Å². The van der Waals surface area contributed by atoms with E-state index in [0.717, 1.165) is 31.2 Å². The van der Waals surface area contributed by atoms with E-state index in [4.69, 9.17) is 4.74 Å². The number of rotatable bonds is 13. The summed E-state index contributed by atoms with van der Waals surface area (Å²) in [6.07, 6.45) is 7.73. The van der Waals surface area contributed by atoms with Gasteiger partial charge in [0.05, 0.1) is 24.2 Å². The van der Waals surface area contributed by atoms with E-state index in [1.54, 1.807) is 18.2 Å². The number of carbonyl (C=O) groups excluding carboxylic acids is 1. The van der Waals surface area contributed by atoms with Crippen molar-refractivity contribution in [3.8, 4) is 5.75 Å². The summed E-state index contributed by atoms with van der Waals surface area (Å²) >= 11 is 0. The van der Waals surface area contributed by atoms with Crippen molar-refractivity contribution < 1.29 is 23.1 Å². The second-order valence-electron chi connectivity index (χ2n) is 9.85. The smallest absolute Gasteiger partial charge is 0.243 e. The molecule has 0 saturated heterocycles. The topological polar surface area (TPSA) is 95.9 Å². The van der Waals surface area contributed by atoms with Crippen LogP contribution in [0.4, 0.5) is 0 Å². The van der Waals surface area contributed by atoms with Gasteiger partial charge < -0.3 is 15.2 Å². The summed E-state index contributed by atoms with van der Waals surface area (Å²) in [5.74, 6) is 0.822. The molecule has 2 aliphatic carbocycles. The lowest BCUT2D eigenvalue weighted by atomic mass is 9.99. The van der Waals surface area contributed by atoms with Crippen molar-refractivity contribution in [3.63, 3.8) is 0 Å². The third kappa shape index (κ3) is 7.18. The van der Waals surface area contributed by atoms with Crippen LogP contribution in [0, 0.1) is 11.8 Å². The predicted octanol–water partition coefficient (Wildman–Crippen LogP) is 3.54. The van der Waals surface area contributed by atoms with E-state index >= 15 is 0 Å². The highest BCUT2D eigenvalue weighted by Crippen LogP contribution is 2.32. The molecule has 36 heavy (non-hydrogen) atoms. The Kier molecular flexibility index (Phi) is 8.82. The molecule has 0 spiro atoms. The first-order valence-corrected chi connectivity index (χ1v) is 14.1. The summed E-state index contributed by atoms with van der Waals surface area (Å²) in [6.45, 7) is 0.243. The minimum Gasteiger partial charge on any atom is -0.497 e. The number of ether oxygens (including phenoxy) is 1. The Hall–Kier alpha value is -2.68. The molecule has 194 valence electrons. The van der Waals surface area contributed by atoms with E-state index in [2.05, 4.69) is 17.5 Å². The highest BCUT2D eigenvalue weighted by molar-refractivity contribution is 7.89. The van der Waals surface area contributed by atoms with E-state index in [-0.39, 0.29) is 29.2 Å². The molecular weight excluding hydrogens is 476 g/mol. The second kappa shape index (κ2) is 12.0. The largest absolute Gasteiger partial charge is 0.497 e. The van der Waals surface area contributed by atoms with Crippen molar-refractivity contribution in [2.75, 3.05) is 20.2 Å². The Morgan fingerprint density at radius 1 is 1.14 bits per heavy atom. The number of allylic oxidation sites excluding steroid dienone is 2. The minimum absolute atomic E-state index is 0.100. The van der Waals surface area contributed by atoms with Gasteiger partial charge >= 0.3 is 0 Å². The average molecular weight is 513 g/mol. The Morgan fingerprint density at radius 2 is 1.92 bits per heavy atom. The first kappa shape index (κ1) is 26.4. The quantitative estimate of drug-likeness (QED) is 0.400. The monoisotopic (exact) mass is 512 g/mol. The molecule has 3 unspecified atom stereocenters. The van der Waals surface area contributed by atoms with Crippen molar-refractivity contribution in [3.05, 3.63) is 72.3 Å². The Morgan fingerprint density at radius 3 is 2.58 bits per heavy atom. The number of benzene rings is 2. The van der Waals surface area contributed by atoms with Gasteiger partial charge in [0.2, 0.25) is 15.9 Å². The van der Waals surface area contributed by atoms with Crippen molar-refractivity contribution in [1.29, 1.82) is 0 Å². The number of hydrogen-bond donors (Lipinski definition) is 2. The summed E-state index contributed by atoms with van der Waals surface area (Å²) in [5, 5.41) is 14.3. The molecule has 4 rings (SSSR count). The maximum Gasteiger partial charge on any atom is 0.243 e. The summed E-state index contributed by atoms with van der Waals surface area (Å²) in [4.78, 5) is 13.0. The zero-order valence-corrected chi connectivity index (χ0v) is 21.6. The minimum atomic E-state index is -3.87. The number of nitrogens with zero attached hydrogens (tertiary/aromatic N) is 1. The Balaban J connectivity index is 1.53. The third-order valence-corrected chi connectivity index (χ3v) is 8.73. The average Bonchev–Trinajstić information content (AvgIpc) is 3.56. The van der Waals surface area contributed by atoms with Gasteiger partial charge in [0.1, 0.15) is 5.75 Å². The van der Waals surface area contributed by atoms with Crippen molar-refractivity contribution >= 4 is 15.9 Å². The molecule has 2 N–H and O–H groups in total. The lowest BCUT2D eigenvalue weighted by Gasteiger charge is -2.30. The van der Waals surface area contributed by atoms with E-state index < -0.39 is 22.2 Å². The molecule has 2 aromatic carbocycles. The molecule has 2 aliphatic rings. The van der Waals surface area contributed by atoms with Crippen molar-refractivity contribution in [2.24, 2.45) is 11.8 Å². The fourth-order valence-electron chi connectivity index (χ4n) is 4.63. The third-order valence-electron chi connectivity index (χ3n) is 6.90. The van der Waals surface area contributed by atoms with Crippen LogP contribution in [-0.2, 0) is 21.2 Å². The van der Waals surface area contributed by atoms with E-state index in [1.807, 2.05) is 30.3 Å². The molecule has 8 heteroatoms. The number of nitrogens with one attached hydrogen (secondary N) is 1. The van der Waals surface area contributed by atoms with Gasteiger partial charge in [-0.1, -0.05) is 48.6 Å². The molecule has 1 fully saturated rings. The van der Waals surface area contributed by atoms with Crippen LogP contribution in [0.1, 0.15) is 37.7 Å². The number of aliphatic hydroxyl groups excluding tert-OH is 1. The van der Waals surface area contributed by atoms with Gasteiger partial charge in [-0.05, 0) is 61.6 Å². The maximum atomic E-state index is 13.6. The predicted molar refractivity (Wildman–Crippen MR) is 139 cm³/mol. The highest BCUT2D eigenvalue weighted by atomic mass is 32.2. The second-order valence-corrected chi connectivity index (χ2v) is 11.8. The molecular formula is C28H36N2O5S. The molecule has 0 radical (unpaired) electrons. The van der Waals surface area contributed by atoms with Crippen LogP contribution in [0.3, 0.4) is 0 Å². The number of amides is 1. The van der Waals surface area contributed by atoms with Gasteiger partial charge in [-0.2, -0.15) is 4.31 Å². The lowest BCUT2D eigenvalue weighted by molar-refractivity contribution is -0.123. The maximum absolute atomic E-state index is 13.6. The number of carbonyl (C=O) groups is 1. The number of sulfonamides is 1. The number of hydrogen-bond acceptors (Lipinski definition) is 5. The molecule has 3 atom stereocenters. The van der Waals surface area contributed by atoms with Crippen molar-refractivity contribution in [2.45, 2.75) is 55.6 Å². The van der Waals surface area contributed by atoms with Crippen LogP contribution in [0.15, 0.2) is 71.6 Å². The van der Waals surface area contributed by atoms with Crippen LogP contribution >= 0.6 is 0 Å². The van der Waals surface area contributed by atoms with E-state index in [0.29, 0.717) is 25.1 Å². The fraction of sp³-hybridized carbons (Fsp3) is 0.464. The highest BCUT2D eigenvalue weighted by Gasteiger charge is 2.35. The van der Waals surface area contributed by atoms with Gasteiger partial charge in [-0.3, -0.25) is 4.79 Å². The standard InChI is InChI=1S/C28H36N2O5S/c1-35-24-12-7-13-25(18-24)36(33,34)30(19-23-14-15-23)20-27(31)26(16-21-8-3-2-4-9-21)29-28(32)17-22-10-5-6-11-22/h2-5,7-10,12-13,18,22-23,26-27,31H,6,11,14-17,19-20H2,1H3,(H,29,32). The summed E-state index contributed by atoms with van der Waals surface area (Å²) in [6, 6.07) is 15.4. The molecule has 1 amide bonds. The SMILES string of the molecule is COc1cccc(S(=O)(=O)N(CC2CC2)CC(O)C(Cc2ccccc2)NC(=O)CC2C=CCC2)c1. The first-order valence-electron chi connectivity index (χ1n) is 12.7. The van der Waals surface area contributed by atoms with Crippen LogP contribution in [0.2, 0.25) is 0 Å². The molecule has 2 aromatic rings. The van der Waals surface area contributed by atoms with Crippen molar-refractivity contribution in [1.82, 2.24) is 9.62 Å². The van der Waals surface area contributed by atoms with Gasteiger partial charge in [0.15, 0.2) is 0 Å².